The standard InChI is InChI=1S/C64H124O6/c1-4-7-10-13-16-18-20-22-24-25-26-27-28-29-30-31-32-33-34-35-36-37-38-39-40-41-43-44-46-48-51-54-57-63(66)69-60-61(59-68-62(65)56-53-50-15-12-9-6-3)70-64(67)58-55-52-49-47-45-42-23-21-19-17-14-11-8-5-2/h61H,4-60H2,1-3H3. The summed E-state index contributed by atoms with van der Waals surface area (Å²) in [7, 11) is 0. The van der Waals surface area contributed by atoms with Gasteiger partial charge in [0, 0.05) is 19.3 Å². The van der Waals surface area contributed by atoms with E-state index in [0.29, 0.717) is 19.3 Å². The first-order valence-electron chi connectivity index (χ1n) is 32.0. The van der Waals surface area contributed by atoms with Crippen LogP contribution in [0, 0.1) is 0 Å². The van der Waals surface area contributed by atoms with Gasteiger partial charge in [-0.3, -0.25) is 14.4 Å². The van der Waals surface area contributed by atoms with Gasteiger partial charge in [0.15, 0.2) is 6.10 Å². The summed E-state index contributed by atoms with van der Waals surface area (Å²) in [5.74, 6) is -0.846. The monoisotopic (exact) mass is 989 g/mol. The third kappa shape index (κ3) is 57.3. The number of esters is 3. The summed E-state index contributed by atoms with van der Waals surface area (Å²) in [6.45, 7) is 6.65. The minimum atomic E-state index is -0.759. The molecular weight excluding hydrogens is 865 g/mol. The molecule has 6 heteroatoms. The number of carbonyl (C=O) groups is 3. The highest BCUT2D eigenvalue weighted by Gasteiger charge is 2.19. The minimum Gasteiger partial charge on any atom is -0.462 e. The maximum Gasteiger partial charge on any atom is 0.306 e. The molecule has 416 valence electrons. The van der Waals surface area contributed by atoms with Gasteiger partial charge in [-0.1, -0.05) is 335 Å². The Labute approximate surface area is 438 Å². The lowest BCUT2D eigenvalue weighted by molar-refractivity contribution is -0.167. The van der Waals surface area contributed by atoms with Gasteiger partial charge in [-0.2, -0.15) is 0 Å². The van der Waals surface area contributed by atoms with Gasteiger partial charge < -0.3 is 14.2 Å². The number of carbonyl (C=O) groups excluding carboxylic acids is 3. The minimum absolute atomic E-state index is 0.0623. The number of rotatable bonds is 60. The van der Waals surface area contributed by atoms with Crippen molar-refractivity contribution >= 4 is 17.9 Å². The first-order chi connectivity index (χ1) is 34.5. The molecule has 0 radical (unpaired) electrons. The molecule has 1 atom stereocenters. The van der Waals surface area contributed by atoms with Crippen molar-refractivity contribution < 1.29 is 28.6 Å². The van der Waals surface area contributed by atoms with E-state index < -0.39 is 6.10 Å². The molecule has 0 spiro atoms. The van der Waals surface area contributed by atoms with Gasteiger partial charge in [-0.05, 0) is 19.3 Å². The van der Waals surface area contributed by atoms with E-state index in [4.69, 9.17) is 14.2 Å². The third-order valence-corrected chi connectivity index (χ3v) is 14.9. The van der Waals surface area contributed by atoms with Crippen LogP contribution in [0.4, 0.5) is 0 Å². The Morgan fingerprint density at radius 1 is 0.229 bits per heavy atom. The second-order valence-corrected chi connectivity index (χ2v) is 22.1. The molecular formula is C64H124O6. The zero-order valence-electron chi connectivity index (χ0n) is 47.8. The van der Waals surface area contributed by atoms with Crippen LogP contribution in [0.5, 0.6) is 0 Å². The van der Waals surface area contributed by atoms with Gasteiger partial charge in [0.25, 0.3) is 0 Å². The molecule has 0 aliphatic carbocycles. The lowest BCUT2D eigenvalue weighted by atomic mass is 10.0. The predicted octanol–water partition coefficient (Wildman–Crippen LogP) is 21.5. The highest BCUT2D eigenvalue weighted by Crippen LogP contribution is 2.19. The molecule has 0 saturated heterocycles. The number of hydrogen-bond donors (Lipinski definition) is 0. The summed E-state index contributed by atoms with van der Waals surface area (Å²) in [5.41, 5.74) is 0. The van der Waals surface area contributed by atoms with E-state index in [2.05, 4.69) is 20.8 Å². The molecule has 0 aliphatic rings. The molecule has 0 rings (SSSR count). The van der Waals surface area contributed by atoms with E-state index in [9.17, 15) is 14.4 Å². The molecule has 0 aromatic rings. The fourth-order valence-corrected chi connectivity index (χ4v) is 10.0. The Kier molecular flexibility index (Phi) is 58.6. The van der Waals surface area contributed by atoms with Crippen LogP contribution < -0.4 is 0 Å². The Bertz CT molecular complexity index is 1040. The topological polar surface area (TPSA) is 78.9 Å². The Hall–Kier alpha value is -1.59. The maximum atomic E-state index is 12.8. The second-order valence-electron chi connectivity index (χ2n) is 22.1. The van der Waals surface area contributed by atoms with Gasteiger partial charge >= 0.3 is 17.9 Å². The number of ether oxygens (including phenoxy) is 3. The van der Waals surface area contributed by atoms with Crippen molar-refractivity contribution in [2.75, 3.05) is 13.2 Å². The summed E-state index contributed by atoms with van der Waals surface area (Å²) < 4.78 is 16.8. The van der Waals surface area contributed by atoms with E-state index in [-0.39, 0.29) is 31.1 Å². The summed E-state index contributed by atoms with van der Waals surface area (Å²) in [6.07, 6.45) is 68.9. The lowest BCUT2D eigenvalue weighted by Gasteiger charge is -2.18. The molecule has 0 fully saturated rings. The van der Waals surface area contributed by atoms with Crippen molar-refractivity contribution in [1.82, 2.24) is 0 Å². The van der Waals surface area contributed by atoms with Gasteiger partial charge in [0.05, 0.1) is 0 Å². The van der Waals surface area contributed by atoms with Crippen molar-refractivity contribution in [3.05, 3.63) is 0 Å². The molecule has 0 heterocycles. The van der Waals surface area contributed by atoms with E-state index in [1.807, 2.05) is 0 Å². The first-order valence-corrected chi connectivity index (χ1v) is 32.0. The average molecular weight is 990 g/mol. The lowest BCUT2D eigenvalue weighted by Crippen LogP contribution is -2.30. The molecule has 0 N–H and O–H groups in total. The Balaban J connectivity index is 3.87. The number of unbranched alkanes of at least 4 members (excludes halogenated alkanes) is 49. The fourth-order valence-electron chi connectivity index (χ4n) is 10.0. The highest BCUT2D eigenvalue weighted by atomic mass is 16.6. The normalized spacial score (nSPS) is 11.9. The van der Waals surface area contributed by atoms with Crippen LogP contribution in [0.2, 0.25) is 0 Å². The molecule has 0 amide bonds. The van der Waals surface area contributed by atoms with Crippen molar-refractivity contribution in [2.45, 2.75) is 380 Å². The molecule has 0 aromatic heterocycles. The van der Waals surface area contributed by atoms with E-state index in [0.717, 1.165) is 57.8 Å². The molecule has 0 bridgehead atoms. The van der Waals surface area contributed by atoms with Gasteiger partial charge in [-0.15, -0.1) is 0 Å². The summed E-state index contributed by atoms with van der Waals surface area (Å²) in [4.78, 5) is 37.9. The van der Waals surface area contributed by atoms with Crippen molar-refractivity contribution in [1.29, 1.82) is 0 Å². The van der Waals surface area contributed by atoms with E-state index >= 15 is 0 Å². The largest absolute Gasteiger partial charge is 0.462 e. The SMILES string of the molecule is CCCCCCCCCCCCCCCCCCCCCCCCCCCCCCCCCCC(=O)OCC(COC(=O)CCCCCCCC)OC(=O)CCCCCCCCCCCCCCCC. The fraction of sp³-hybridized carbons (Fsp3) is 0.953. The molecule has 0 saturated carbocycles. The van der Waals surface area contributed by atoms with Crippen LogP contribution in [-0.4, -0.2) is 37.2 Å². The van der Waals surface area contributed by atoms with Gasteiger partial charge in [0.1, 0.15) is 13.2 Å². The first kappa shape index (κ1) is 68.4. The van der Waals surface area contributed by atoms with E-state index in [1.165, 1.54) is 276 Å². The predicted molar refractivity (Wildman–Crippen MR) is 303 cm³/mol. The van der Waals surface area contributed by atoms with Crippen molar-refractivity contribution in [3.8, 4) is 0 Å². The van der Waals surface area contributed by atoms with Crippen LogP contribution in [0.3, 0.4) is 0 Å². The smallest absolute Gasteiger partial charge is 0.306 e. The molecule has 0 aliphatic heterocycles. The van der Waals surface area contributed by atoms with Gasteiger partial charge in [-0.25, -0.2) is 0 Å². The zero-order chi connectivity index (χ0) is 50.7. The summed E-state index contributed by atoms with van der Waals surface area (Å²) in [6, 6.07) is 0. The van der Waals surface area contributed by atoms with Crippen LogP contribution in [0.15, 0.2) is 0 Å². The third-order valence-electron chi connectivity index (χ3n) is 14.9. The van der Waals surface area contributed by atoms with Crippen LogP contribution in [-0.2, 0) is 28.6 Å². The van der Waals surface area contributed by atoms with E-state index in [1.54, 1.807) is 0 Å². The quantitative estimate of drug-likeness (QED) is 0.0343. The summed E-state index contributed by atoms with van der Waals surface area (Å²) in [5, 5.41) is 0. The molecule has 70 heavy (non-hydrogen) atoms. The molecule has 6 nitrogen and oxygen atoms in total. The maximum absolute atomic E-state index is 12.8. The Morgan fingerprint density at radius 2 is 0.386 bits per heavy atom. The van der Waals surface area contributed by atoms with Crippen molar-refractivity contribution in [3.63, 3.8) is 0 Å². The highest BCUT2D eigenvalue weighted by molar-refractivity contribution is 5.71. The van der Waals surface area contributed by atoms with Crippen LogP contribution in [0.1, 0.15) is 374 Å². The van der Waals surface area contributed by atoms with Crippen molar-refractivity contribution in [2.24, 2.45) is 0 Å². The summed E-state index contributed by atoms with van der Waals surface area (Å²) >= 11 is 0. The second kappa shape index (κ2) is 60.0. The average Bonchev–Trinajstić information content (AvgIpc) is 3.36. The molecule has 1 unspecified atom stereocenters. The molecule has 0 aromatic carbocycles. The van der Waals surface area contributed by atoms with Crippen LogP contribution >= 0.6 is 0 Å². The van der Waals surface area contributed by atoms with Crippen LogP contribution in [0.25, 0.3) is 0 Å². The Morgan fingerprint density at radius 3 is 0.571 bits per heavy atom. The van der Waals surface area contributed by atoms with Gasteiger partial charge in [0.2, 0.25) is 0 Å². The zero-order valence-corrected chi connectivity index (χ0v) is 47.8. The number of hydrogen-bond acceptors (Lipinski definition) is 6.